The number of amides is 2. The fourth-order valence-electron chi connectivity index (χ4n) is 4.37. The second-order valence-electron chi connectivity index (χ2n) is 8.07. The van der Waals surface area contributed by atoms with E-state index in [1.165, 1.54) is 17.4 Å². The number of carbonyl (C=O) groups excluding carboxylic acids is 2. The molecule has 1 aliphatic heterocycles. The number of nitrogens with zero attached hydrogens (tertiary/aromatic N) is 3. The number of benzene rings is 2. The lowest BCUT2D eigenvalue weighted by molar-refractivity contribution is -0.123. The maximum atomic E-state index is 13.5. The molecule has 4 rings (SSSR count). The van der Waals surface area contributed by atoms with Crippen LogP contribution >= 0.6 is 0 Å². The molecule has 2 atom stereocenters. The van der Waals surface area contributed by atoms with Gasteiger partial charge in [0.1, 0.15) is 36.3 Å². The lowest BCUT2D eigenvalue weighted by Crippen LogP contribution is -2.51. The van der Waals surface area contributed by atoms with E-state index < -0.39 is 18.2 Å². The molecule has 9 heteroatoms. The van der Waals surface area contributed by atoms with E-state index in [-0.39, 0.29) is 12.5 Å². The van der Waals surface area contributed by atoms with Gasteiger partial charge in [-0.3, -0.25) is 9.69 Å². The van der Waals surface area contributed by atoms with Crippen LogP contribution in [0.5, 0.6) is 11.5 Å². The minimum absolute atomic E-state index is 0.0895. The molecule has 0 aliphatic carbocycles. The van der Waals surface area contributed by atoms with Crippen molar-refractivity contribution in [2.75, 3.05) is 19.5 Å². The Labute approximate surface area is 204 Å². The van der Waals surface area contributed by atoms with Crippen molar-refractivity contribution in [2.24, 2.45) is 0 Å². The standard InChI is InChI=1S/C26H28N4O5/c1-33-21-12-7-13-22(34-2)24(21)19-10-6-11-20(25(31)29-23-14-15-27-17-28-23)30(19)26(32)35-16-18-8-4-3-5-9-18/h3-5,7-9,12-15,17,19-20H,6,10-11,16H2,1-2H3,(H,27,28,29,31). The number of ether oxygens (including phenoxy) is 3. The summed E-state index contributed by atoms with van der Waals surface area (Å²) < 4.78 is 16.9. The van der Waals surface area contributed by atoms with E-state index >= 15 is 0 Å². The van der Waals surface area contributed by atoms with Crippen molar-refractivity contribution in [2.45, 2.75) is 38.0 Å². The Morgan fingerprint density at radius 3 is 2.40 bits per heavy atom. The molecule has 1 saturated heterocycles. The number of methoxy groups -OCH3 is 2. The van der Waals surface area contributed by atoms with Gasteiger partial charge in [0.15, 0.2) is 0 Å². The van der Waals surface area contributed by atoms with E-state index in [0.29, 0.717) is 35.7 Å². The largest absolute Gasteiger partial charge is 0.496 e. The summed E-state index contributed by atoms with van der Waals surface area (Å²) >= 11 is 0. The monoisotopic (exact) mass is 476 g/mol. The zero-order valence-electron chi connectivity index (χ0n) is 19.7. The Kier molecular flexibility index (Phi) is 7.77. The van der Waals surface area contributed by atoms with Gasteiger partial charge in [-0.1, -0.05) is 36.4 Å². The number of piperidine rings is 1. The smallest absolute Gasteiger partial charge is 0.411 e. The Balaban J connectivity index is 1.68. The fraction of sp³-hybridized carbons (Fsp3) is 0.308. The molecule has 35 heavy (non-hydrogen) atoms. The number of carbonyl (C=O) groups is 2. The first-order chi connectivity index (χ1) is 17.1. The van der Waals surface area contributed by atoms with Crippen LogP contribution in [0.15, 0.2) is 67.1 Å². The molecular weight excluding hydrogens is 448 g/mol. The molecule has 3 aromatic rings. The van der Waals surface area contributed by atoms with Crippen LogP contribution in [0.3, 0.4) is 0 Å². The van der Waals surface area contributed by atoms with Crippen LogP contribution < -0.4 is 14.8 Å². The highest BCUT2D eigenvalue weighted by Crippen LogP contribution is 2.43. The number of nitrogens with one attached hydrogen (secondary N) is 1. The van der Waals surface area contributed by atoms with Crippen LogP contribution in [0.4, 0.5) is 10.6 Å². The lowest BCUT2D eigenvalue weighted by atomic mass is 9.89. The van der Waals surface area contributed by atoms with Gasteiger partial charge in [0.05, 0.1) is 25.8 Å². The minimum atomic E-state index is -0.776. The Morgan fingerprint density at radius 1 is 1.00 bits per heavy atom. The van der Waals surface area contributed by atoms with Crippen molar-refractivity contribution in [1.29, 1.82) is 0 Å². The third kappa shape index (κ3) is 5.51. The molecule has 0 spiro atoms. The summed E-state index contributed by atoms with van der Waals surface area (Å²) in [6, 6.07) is 15.2. The molecule has 2 amide bonds. The van der Waals surface area contributed by atoms with Gasteiger partial charge in [-0.15, -0.1) is 0 Å². The maximum Gasteiger partial charge on any atom is 0.411 e. The molecule has 1 aromatic heterocycles. The van der Waals surface area contributed by atoms with E-state index in [1.807, 2.05) is 48.5 Å². The zero-order chi connectivity index (χ0) is 24.6. The van der Waals surface area contributed by atoms with Crippen LogP contribution in [-0.4, -0.2) is 47.1 Å². The van der Waals surface area contributed by atoms with Crippen molar-refractivity contribution in [3.8, 4) is 11.5 Å². The molecule has 1 fully saturated rings. The number of rotatable bonds is 7. The average Bonchev–Trinajstić information content (AvgIpc) is 2.91. The molecule has 2 heterocycles. The van der Waals surface area contributed by atoms with Crippen molar-refractivity contribution < 1.29 is 23.8 Å². The highest BCUT2D eigenvalue weighted by Gasteiger charge is 2.42. The molecule has 9 nitrogen and oxygen atoms in total. The Morgan fingerprint density at radius 2 is 1.74 bits per heavy atom. The van der Waals surface area contributed by atoms with Crippen LogP contribution in [0.1, 0.15) is 36.4 Å². The number of likely N-dealkylation sites (tertiary alicyclic amines) is 1. The molecule has 1 aliphatic rings. The van der Waals surface area contributed by atoms with Gasteiger partial charge in [-0.25, -0.2) is 14.8 Å². The van der Waals surface area contributed by atoms with Gasteiger partial charge in [0.25, 0.3) is 0 Å². The first-order valence-electron chi connectivity index (χ1n) is 11.4. The van der Waals surface area contributed by atoms with Gasteiger partial charge in [-0.2, -0.15) is 0 Å². The van der Waals surface area contributed by atoms with Gasteiger partial charge >= 0.3 is 6.09 Å². The van der Waals surface area contributed by atoms with Crippen molar-refractivity contribution >= 4 is 17.8 Å². The SMILES string of the molecule is COc1cccc(OC)c1C1CCCC(C(=O)Nc2ccncn2)N1C(=O)OCc1ccccc1. The minimum Gasteiger partial charge on any atom is -0.496 e. The maximum absolute atomic E-state index is 13.5. The summed E-state index contributed by atoms with van der Waals surface area (Å²) in [5.41, 5.74) is 1.56. The van der Waals surface area contributed by atoms with Gasteiger partial charge in [0, 0.05) is 6.20 Å². The van der Waals surface area contributed by atoms with Gasteiger partial charge in [0.2, 0.25) is 5.91 Å². The van der Waals surface area contributed by atoms with E-state index in [0.717, 1.165) is 12.0 Å². The molecule has 1 N–H and O–H groups in total. The Bertz CT molecular complexity index is 1120. The van der Waals surface area contributed by atoms with Crippen molar-refractivity contribution in [3.63, 3.8) is 0 Å². The van der Waals surface area contributed by atoms with E-state index in [2.05, 4.69) is 15.3 Å². The van der Waals surface area contributed by atoms with Crippen LogP contribution in [0.2, 0.25) is 0 Å². The first kappa shape index (κ1) is 24.0. The van der Waals surface area contributed by atoms with Crippen molar-refractivity contribution in [1.82, 2.24) is 14.9 Å². The Hall–Kier alpha value is -4.14. The second kappa shape index (κ2) is 11.3. The average molecular weight is 477 g/mol. The normalized spacial score (nSPS) is 17.4. The summed E-state index contributed by atoms with van der Waals surface area (Å²) in [5, 5.41) is 2.80. The highest BCUT2D eigenvalue weighted by molar-refractivity contribution is 5.96. The van der Waals surface area contributed by atoms with E-state index in [1.54, 1.807) is 20.3 Å². The summed E-state index contributed by atoms with van der Waals surface area (Å²) in [7, 11) is 3.14. The predicted molar refractivity (Wildman–Crippen MR) is 129 cm³/mol. The molecule has 0 bridgehead atoms. The van der Waals surface area contributed by atoms with Crippen LogP contribution in [0.25, 0.3) is 0 Å². The second-order valence-corrected chi connectivity index (χ2v) is 8.07. The van der Waals surface area contributed by atoms with Gasteiger partial charge in [-0.05, 0) is 43.0 Å². The van der Waals surface area contributed by atoms with E-state index in [4.69, 9.17) is 14.2 Å². The predicted octanol–water partition coefficient (Wildman–Crippen LogP) is 4.36. The molecule has 0 radical (unpaired) electrons. The summed E-state index contributed by atoms with van der Waals surface area (Å²) in [5.74, 6) is 1.16. The summed E-state index contributed by atoms with van der Waals surface area (Å²) in [4.78, 5) is 36.4. The van der Waals surface area contributed by atoms with Crippen LogP contribution in [-0.2, 0) is 16.1 Å². The third-order valence-electron chi connectivity index (χ3n) is 5.98. The van der Waals surface area contributed by atoms with Gasteiger partial charge < -0.3 is 19.5 Å². The zero-order valence-corrected chi connectivity index (χ0v) is 19.7. The molecule has 2 aromatic carbocycles. The number of hydrogen-bond donors (Lipinski definition) is 1. The highest BCUT2D eigenvalue weighted by atomic mass is 16.6. The molecule has 2 unspecified atom stereocenters. The first-order valence-corrected chi connectivity index (χ1v) is 11.4. The fourth-order valence-corrected chi connectivity index (χ4v) is 4.37. The number of aromatic nitrogens is 2. The number of hydrogen-bond acceptors (Lipinski definition) is 7. The summed E-state index contributed by atoms with van der Waals surface area (Å²) in [6.45, 7) is 0.0895. The topological polar surface area (TPSA) is 103 Å². The summed E-state index contributed by atoms with van der Waals surface area (Å²) in [6.07, 6.45) is 4.12. The molecule has 0 saturated carbocycles. The molecule has 182 valence electrons. The van der Waals surface area contributed by atoms with E-state index in [9.17, 15) is 9.59 Å². The third-order valence-corrected chi connectivity index (χ3v) is 5.98. The molecular formula is C26H28N4O5. The number of anilines is 1. The quantitative estimate of drug-likeness (QED) is 0.540. The lowest BCUT2D eigenvalue weighted by Gasteiger charge is -2.41. The van der Waals surface area contributed by atoms with Crippen molar-refractivity contribution in [3.05, 3.63) is 78.2 Å². The van der Waals surface area contributed by atoms with Crippen LogP contribution in [0, 0.1) is 0 Å².